The van der Waals surface area contributed by atoms with Crippen LogP contribution in [0, 0.1) is 6.92 Å². The first-order valence-electron chi connectivity index (χ1n) is 5.96. The van der Waals surface area contributed by atoms with Crippen LogP contribution in [-0.4, -0.2) is 24.0 Å². The number of carbonyl (C=O) groups is 2. The fourth-order valence-electron chi connectivity index (χ4n) is 2.03. The van der Waals surface area contributed by atoms with Gasteiger partial charge in [0.25, 0.3) is 0 Å². The van der Waals surface area contributed by atoms with Gasteiger partial charge >= 0.3 is 5.97 Å². The molecule has 0 bridgehead atoms. The van der Waals surface area contributed by atoms with Crippen LogP contribution >= 0.6 is 0 Å². The third-order valence-electron chi connectivity index (χ3n) is 2.98. The molecule has 18 heavy (non-hydrogen) atoms. The summed E-state index contributed by atoms with van der Waals surface area (Å²) < 4.78 is 10.6. The van der Waals surface area contributed by atoms with E-state index in [-0.39, 0.29) is 18.8 Å². The fraction of sp³-hybridized carbons (Fsp3) is 0.429. The van der Waals surface area contributed by atoms with Crippen LogP contribution in [0.5, 0.6) is 5.75 Å². The molecular formula is C14H16O4. The van der Waals surface area contributed by atoms with E-state index in [4.69, 9.17) is 9.47 Å². The van der Waals surface area contributed by atoms with Gasteiger partial charge in [-0.25, -0.2) is 4.79 Å². The molecule has 1 unspecified atom stereocenters. The second kappa shape index (κ2) is 4.44. The fourth-order valence-corrected chi connectivity index (χ4v) is 2.03. The lowest BCUT2D eigenvalue weighted by molar-refractivity contribution is -0.160. The molecule has 0 N–H and O–H groups in total. The summed E-state index contributed by atoms with van der Waals surface area (Å²) in [5, 5.41) is 0. The molecule has 1 heterocycles. The molecule has 0 saturated carbocycles. The maximum absolute atomic E-state index is 12.1. The molecule has 96 valence electrons. The number of ether oxygens (including phenoxy) is 2. The van der Waals surface area contributed by atoms with Gasteiger partial charge in [0.1, 0.15) is 5.75 Å². The van der Waals surface area contributed by atoms with Gasteiger partial charge in [0, 0.05) is 0 Å². The highest BCUT2D eigenvalue weighted by molar-refractivity contribution is 6.03. The molecule has 4 nitrogen and oxygen atoms in total. The quantitative estimate of drug-likeness (QED) is 0.753. The summed E-state index contributed by atoms with van der Waals surface area (Å²) in [6.07, 6.45) is 0.0162. The summed E-state index contributed by atoms with van der Waals surface area (Å²) in [6, 6.07) is 5.35. The average Bonchev–Trinajstić information content (AvgIpc) is 2.30. The van der Waals surface area contributed by atoms with Gasteiger partial charge in [-0.3, -0.25) is 4.79 Å². The number of aryl methyl sites for hydroxylation is 1. The van der Waals surface area contributed by atoms with Crippen molar-refractivity contribution in [2.24, 2.45) is 0 Å². The number of ketones is 1. The lowest BCUT2D eigenvalue weighted by Gasteiger charge is -2.32. The molecule has 0 fully saturated rings. The van der Waals surface area contributed by atoms with Gasteiger partial charge in [-0.2, -0.15) is 0 Å². The predicted molar refractivity (Wildman–Crippen MR) is 65.8 cm³/mol. The van der Waals surface area contributed by atoms with Gasteiger partial charge in [-0.15, -0.1) is 0 Å². The summed E-state index contributed by atoms with van der Waals surface area (Å²) in [7, 11) is 0. The summed E-state index contributed by atoms with van der Waals surface area (Å²) in [6.45, 7) is 5.49. The third-order valence-corrected chi connectivity index (χ3v) is 2.98. The van der Waals surface area contributed by atoms with Crippen LogP contribution in [0.15, 0.2) is 18.2 Å². The van der Waals surface area contributed by atoms with Crippen molar-refractivity contribution in [1.29, 1.82) is 0 Å². The molecule has 0 aromatic heterocycles. The molecule has 4 heteroatoms. The minimum absolute atomic E-state index is 0.0162. The van der Waals surface area contributed by atoms with Crippen molar-refractivity contribution >= 4 is 11.8 Å². The van der Waals surface area contributed by atoms with Crippen LogP contribution in [0.2, 0.25) is 0 Å². The number of fused-ring (bicyclic) bond motifs is 1. The molecule has 1 atom stereocenters. The Hall–Kier alpha value is -1.84. The van der Waals surface area contributed by atoms with Gasteiger partial charge in [0.2, 0.25) is 5.60 Å². The molecule has 1 aromatic carbocycles. The zero-order valence-corrected chi connectivity index (χ0v) is 10.8. The number of esters is 1. The molecule has 1 aliphatic heterocycles. The van der Waals surface area contributed by atoms with Crippen molar-refractivity contribution in [3.05, 3.63) is 29.3 Å². The minimum Gasteiger partial charge on any atom is -0.475 e. The second-order valence-corrected chi connectivity index (χ2v) is 4.65. The Bertz CT molecular complexity index is 507. The van der Waals surface area contributed by atoms with E-state index < -0.39 is 11.6 Å². The molecule has 0 radical (unpaired) electrons. The zero-order chi connectivity index (χ0) is 13.3. The van der Waals surface area contributed by atoms with Crippen LogP contribution in [0.1, 0.15) is 36.2 Å². The maximum atomic E-state index is 12.1. The zero-order valence-electron chi connectivity index (χ0n) is 10.8. The topological polar surface area (TPSA) is 52.6 Å². The van der Waals surface area contributed by atoms with Crippen LogP contribution in [0.25, 0.3) is 0 Å². The van der Waals surface area contributed by atoms with E-state index >= 15 is 0 Å². The minimum atomic E-state index is -1.21. The van der Waals surface area contributed by atoms with E-state index in [9.17, 15) is 9.59 Å². The summed E-state index contributed by atoms with van der Waals surface area (Å²) >= 11 is 0. The highest BCUT2D eigenvalue weighted by Gasteiger charge is 2.44. The highest BCUT2D eigenvalue weighted by atomic mass is 16.6. The van der Waals surface area contributed by atoms with Gasteiger partial charge in [0.05, 0.1) is 18.6 Å². The molecule has 0 amide bonds. The highest BCUT2D eigenvalue weighted by Crippen LogP contribution is 2.34. The van der Waals surface area contributed by atoms with E-state index in [2.05, 4.69) is 0 Å². The smallest absolute Gasteiger partial charge is 0.350 e. The number of benzene rings is 1. The molecule has 0 saturated heterocycles. The standard InChI is InChI=1S/C14H16O4/c1-4-17-13(16)14(3)8-11(15)10-7-9(2)5-6-12(10)18-14/h5-7H,4,8H2,1-3H3. The Kier molecular flexibility index (Phi) is 3.11. The lowest BCUT2D eigenvalue weighted by atomic mass is 9.91. The SMILES string of the molecule is CCOC(=O)C1(C)CC(=O)c2cc(C)ccc2O1. The maximum Gasteiger partial charge on any atom is 0.350 e. The van der Waals surface area contributed by atoms with E-state index in [0.717, 1.165) is 5.56 Å². The molecule has 0 aliphatic carbocycles. The van der Waals surface area contributed by atoms with Gasteiger partial charge in [-0.1, -0.05) is 11.6 Å². The summed E-state index contributed by atoms with van der Waals surface area (Å²) in [4.78, 5) is 23.9. The number of hydrogen-bond acceptors (Lipinski definition) is 4. The summed E-state index contributed by atoms with van der Waals surface area (Å²) in [5.41, 5.74) is 0.317. The van der Waals surface area contributed by atoms with Crippen LogP contribution in [0.3, 0.4) is 0 Å². The Morgan fingerprint density at radius 1 is 1.50 bits per heavy atom. The van der Waals surface area contributed by atoms with Crippen LogP contribution in [0.4, 0.5) is 0 Å². The van der Waals surface area contributed by atoms with Crippen LogP contribution < -0.4 is 4.74 Å². The van der Waals surface area contributed by atoms with Crippen molar-refractivity contribution in [1.82, 2.24) is 0 Å². The number of rotatable bonds is 2. The normalized spacial score (nSPS) is 22.1. The van der Waals surface area contributed by atoms with Crippen molar-refractivity contribution in [3.8, 4) is 5.75 Å². The van der Waals surface area contributed by atoms with E-state index in [1.807, 2.05) is 13.0 Å². The molecule has 1 aromatic rings. The van der Waals surface area contributed by atoms with Crippen molar-refractivity contribution in [3.63, 3.8) is 0 Å². The Morgan fingerprint density at radius 2 is 2.22 bits per heavy atom. The number of Topliss-reactive ketones (excluding diaryl/α,β-unsaturated/α-hetero) is 1. The van der Waals surface area contributed by atoms with Crippen molar-refractivity contribution in [2.45, 2.75) is 32.8 Å². The van der Waals surface area contributed by atoms with E-state index in [1.165, 1.54) is 0 Å². The summed E-state index contributed by atoms with van der Waals surface area (Å²) in [5.74, 6) is -0.132. The largest absolute Gasteiger partial charge is 0.475 e. The lowest BCUT2D eigenvalue weighted by Crippen LogP contribution is -2.47. The van der Waals surface area contributed by atoms with Gasteiger partial charge in [0.15, 0.2) is 5.78 Å². The van der Waals surface area contributed by atoms with E-state index in [0.29, 0.717) is 11.3 Å². The Morgan fingerprint density at radius 3 is 2.89 bits per heavy atom. The van der Waals surface area contributed by atoms with Crippen molar-refractivity contribution in [2.75, 3.05) is 6.61 Å². The first-order chi connectivity index (χ1) is 8.46. The van der Waals surface area contributed by atoms with Crippen molar-refractivity contribution < 1.29 is 19.1 Å². The predicted octanol–water partition coefficient (Wildman–Crippen LogP) is 2.28. The first-order valence-corrected chi connectivity index (χ1v) is 5.96. The van der Waals surface area contributed by atoms with Gasteiger partial charge < -0.3 is 9.47 Å². The molecular weight excluding hydrogens is 232 g/mol. The molecule has 1 aliphatic rings. The average molecular weight is 248 g/mol. The second-order valence-electron chi connectivity index (χ2n) is 4.65. The third kappa shape index (κ3) is 2.10. The first kappa shape index (κ1) is 12.6. The molecule has 0 spiro atoms. The Labute approximate surface area is 106 Å². The van der Waals surface area contributed by atoms with Gasteiger partial charge in [-0.05, 0) is 32.9 Å². The van der Waals surface area contributed by atoms with Crippen LogP contribution in [-0.2, 0) is 9.53 Å². The number of carbonyl (C=O) groups excluding carboxylic acids is 2. The Balaban J connectivity index is 2.36. The monoisotopic (exact) mass is 248 g/mol. The number of hydrogen-bond donors (Lipinski definition) is 0. The van der Waals surface area contributed by atoms with E-state index in [1.54, 1.807) is 26.0 Å². The molecule has 2 rings (SSSR count).